The molecule has 0 saturated heterocycles. The number of rotatable bonds is 7. The number of ether oxygens (including phenoxy) is 1. The van der Waals surface area contributed by atoms with Gasteiger partial charge < -0.3 is 4.74 Å². The summed E-state index contributed by atoms with van der Waals surface area (Å²) in [4.78, 5) is 21.5. The highest BCUT2D eigenvalue weighted by Gasteiger charge is 2.22. The molecule has 0 fully saturated rings. The molecule has 29 heavy (non-hydrogen) atoms. The summed E-state index contributed by atoms with van der Waals surface area (Å²) in [6.07, 6.45) is 0. The fourth-order valence-corrected chi connectivity index (χ4v) is 4.31. The van der Waals surface area contributed by atoms with E-state index in [4.69, 9.17) is 21.2 Å². The normalized spacial score (nSPS) is 11.6. The highest BCUT2D eigenvalue weighted by atomic mass is 35.5. The average molecular weight is 453 g/mol. The van der Waals surface area contributed by atoms with Crippen LogP contribution in [0.4, 0.5) is 0 Å². The van der Waals surface area contributed by atoms with Crippen LogP contribution in [-0.2, 0) is 26.2 Å². The Hall–Kier alpha value is -2.30. The van der Waals surface area contributed by atoms with Crippen molar-refractivity contribution >= 4 is 38.9 Å². The van der Waals surface area contributed by atoms with Gasteiger partial charge in [-0.3, -0.25) is 4.84 Å². The minimum atomic E-state index is -3.86. The molecule has 10 heteroatoms. The molecule has 0 N–H and O–H groups in total. The molecular formula is C19H17ClN2O5S2. The zero-order valence-corrected chi connectivity index (χ0v) is 17.9. The van der Waals surface area contributed by atoms with Crippen molar-refractivity contribution in [1.82, 2.24) is 9.45 Å². The summed E-state index contributed by atoms with van der Waals surface area (Å²) in [7, 11) is -1.36. The fraction of sp³-hybridized carbons (Fsp3) is 0.158. The van der Waals surface area contributed by atoms with Gasteiger partial charge in [0.2, 0.25) is 0 Å². The van der Waals surface area contributed by atoms with Gasteiger partial charge in [0, 0.05) is 23.0 Å². The first-order valence-electron chi connectivity index (χ1n) is 8.32. The minimum Gasteiger partial charge on any atom is -0.456 e. The standard InChI is InChI=1S/C19H17ClN2O5S2/c1-22(26-2)29(24,25)17-5-3-4-14(10-17)19(23)27-11-16-12-28-18(21-16)13-6-8-15(20)9-7-13/h3-10,12H,11H2,1-2H3. The molecule has 0 radical (unpaired) electrons. The minimum absolute atomic E-state index is 0.0299. The van der Waals surface area contributed by atoms with Gasteiger partial charge in [0.1, 0.15) is 11.6 Å². The molecule has 0 bridgehead atoms. The predicted octanol–water partition coefficient (Wildman–Crippen LogP) is 4.00. The van der Waals surface area contributed by atoms with Crippen molar-refractivity contribution in [2.24, 2.45) is 0 Å². The maximum Gasteiger partial charge on any atom is 0.338 e. The van der Waals surface area contributed by atoms with Crippen LogP contribution in [0.15, 0.2) is 58.8 Å². The Balaban J connectivity index is 1.69. The summed E-state index contributed by atoms with van der Waals surface area (Å²) >= 11 is 7.31. The number of carbonyl (C=O) groups excluding carboxylic acids is 1. The van der Waals surface area contributed by atoms with E-state index in [1.54, 1.807) is 17.5 Å². The molecular weight excluding hydrogens is 436 g/mol. The number of carbonyl (C=O) groups is 1. The molecule has 3 rings (SSSR count). The van der Waals surface area contributed by atoms with Crippen LogP contribution in [-0.4, -0.2) is 38.0 Å². The first kappa shape index (κ1) is 21.4. The molecule has 0 unspecified atom stereocenters. The summed E-state index contributed by atoms with van der Waals surface area (Å²) in [5.41, 5.74) is 1.62. The number of aromatic nitrogens is 1. The van der Waals surface area contributed by atoms with Crippen molar-refractivity contribution in [1.29, 1.82) is 0 Å². The second-order valence-corrected chi connectivity index (χ2v) is 9.08. The number of thiazole rings is 1. The third kappa shape index (κ3) is 5.01. The third-order valence-electron chi connectivity index (χ3n) is 3.96. The van der Waals surface area contributed by atoms with Crippen LogP contribution in [0.3, 0.4) is 0 Å². The van der Waals surface area contributed by atoms with E-state index >= 15 is 0 Å². The molecule has 0 amide bonds. The zero-order chi connectivity index (χ0) is 21.0. The molecule has 0 aliphatic carbocycles. The zero-order valence-electron chi connectivity index (χ0n) is 15.5. The second-order valence-electron chi connectivity index (χ2n) is 5.85. The molecule has 1 aromatic heterocycles. The monoisotopic (exact) mass is 452 g/mol. The van der Waals surface area contributed by atoms with Crippen molar-refractivity contribution in [2.45, 2.75) is 11.5 Å². The van der Waals surface area contributed by atoms with E-state index in [0.29, 0.717) is 15.2 Å². The Kier molecular flexibility index (Phi) is 6.66. The second kappa shape index (κ2) is 9.02. The lowest BCUT2D eigenvalue weighted by atomic mass is 10.2. The summed E-state index contributed by atoms with van der Waals surface area (Å²) in [6, 6.07) is 12.8. The maximum absolute atomic E-state index is 12.3. The first-order valence-corrected chi connectivity index (χ1v) is 11.0. The van der Waals surface area contributed by atoms with E-state index in [2.05, 4.69) is 4.98 Å². The van der Waals surface area contributed by atoms with Gasteiger partial charge >= 0.3 is 5.97 Å². The Morgan fingerprint density at radius 3 is 2.62 bits per heavy atom. The van der Waals surface area contributed by atoms with E-state index in [-0.39, 0.29) is 17.1 Å². The predicted molar refractivity (Wildman–Crippen MR) is 110 cm³/mol. The van der Waals surface area contributed by atoms with E-state index in [9.17, 15) is 13.2 Å². The van der Waals surface area contributed by atoms with Gasteiger partial charge in [0.05, 0.1) is 23.3 Å². The topological polar surface area (TPSA) is 85.8 Å². The summed E-state index contributed by atoms with van der Waals surface area (Å²) in [5, 5.41) is 3.22. The van der Waals surface area contributed by atoms with Crippen LogP contribution in [0, 0.1) is 0 Å². The van der Waals surface area contributed by atoms with Gasteiger partial charge in [-0.25, -0.2) is 18.2 Å². The lowest BCUT2D eigenvalue weighted by Gasteiger charge is -2.14. The number of hydrogen-bond acceptors (Lipinski definition) is 7. The maximum atomic E-state index is 12.3. The fourth-order valence-electron chi connectivity index (χ4n) is 2.35. The molecule has 0 aliphatic heterocycles. The van der Waals surface area contributed by atoms with Crippen molar-refractivity contribution in [3.63, 3.8) is 0 Å². The van der Waals surface area contributed by atoms with E-state index in [1.165, 1.54) is 49.8 Å². The van der Waals surface area contributed by atoms with Gasteiger partial charge in [-0.1, -0.05) is 34.3 Å². The van der Waals surface area contributed by atoms with Crippen LogP contribution in [0.25, 0.3) is 10.6 Å². The Morgan fingerprint density at radius 1 is 1.21 bits per heavy atom. The van der Waals surface area contributed by atoms with E-state index in [1.807, 2.05) is 12.1 Å². The van der Waals surface area contributed by atoms with Gasteiger partial charge in [0.15, 0.2) is 0 Å². The molecule has 0 spiro atoms. The van der Waals surface area contributed by atoms with E-state index < -0.39 is 16.0 Å². The van der Waals surface area contributed by atoms with Crippen molar-refractivity contribution < 1.29 is 22.8 Å². The highest BCUT2D eigenvalue weighted by Crippen LogP contribution is 2.25. The van der Waals surface area contributed by atoms with Crippen molar-refractivity contribution in [2.75, 3.05) is 14.2 Å². The number of nitrogens with zero attached hydrogens (tertiary/aromatic N) is 2. The third-order valence-corrected chi connectivity index (χ3v) is 6.83. The lowest BCUT2D eigenvalue weighted by Crippen LogP contribution is -2.25. The number of sulfonamides is 1. The van der Waals surface area contributed by atoms with Crippen molar-refractivity contribution in [3.8, 4) is 10.6 Å². The van der Waals surface area contributed by atoms with Crippen LogP contribution < -0.4 is 0 Å². The molecule has 152 valence electrons. The van der Waals surface area contributed by atoms with Gasteiger partial charge in [-0.2, -0.15) is 0 Å². The molecule has 3 aromatic rings. The number of hydroxylamine groups is 1. The largest absolute Gasteiger partial charge is 0.456 e. The molecule has 7 nitrogen and oxygen atoms in total. The molecule has 0 aliphatic rings. The summed E-state index contributed by atoms with van der Waals surface area (Å²) in [6.45, 7) is -0.0299. The highest BCUT2D eigenvalue weighted by molar-refractivity contribution is 7.89. The quantitative estimate of drug-likeness (QED) is 0.398. The SMILES string of the molecule is CON(C)S(=O)(=O)c1cccc(C(=O)OCc2csc(-c3ccc(Cl)cc3)n2)c1. The number of halogens is 1. The summed E-state index contributed by atoms with van der Waals surface area (Å²) < 4.78 is 30.6. The van der Waals surface area contributed by atoms with Gasteiger partial charge in [-0.15, -0.1) is 11.3 Å². The van der Waals surface area contributed by atoms with Gasteiger partial charge in [0.25, 0.3) is 10.0 Å². The number of benzene rings is 2. The summed E-state index contributed by atoms with van der Waals surface area (Å²) in [5.74, 6) is -0.650. The smallest absolute Gasteiger partial charge is 0.338 e. The number of esters is 1. The van der Waals surface area contributed by atoms with Crippen LogP contribution in [0.1, 0.15) is 16.1 Å². The number of hydrogen-bond donors (Lipinski definition) is 0. The Bertz CT molecular complexity index is 1110. The Labute approximate surface area is 177 Å². The van der Waals surface area contributed by atoms with Gasteiger partial charge in [-0.05, 0) is 30.3 Å². The van der Waals surface area contributed by atoms with Crippen LogP contribution >= 0.6 is 22.9 Å². The lowest BCUT2D eigenvalue weighted by molar-refractivity contribution is -0.0258. The van der Waals surface area contributed by atoms with E-state index in [0.717, 1.165) is 10.6 Å². The van der Waals surface area contributed by atoms with Crippen LogP contribution in [0.5, 0.6) is 0 Å². The average Bonchev–Trinajstić information content (AvgIpc) is 3.21. The molecule has 1 heterocycles. The van der Waals surface area contributed by atoms with Crippen LogP contribution in [0.2, 0.25) is 5.02 Å². The Morgan fingerprint density at radius 2 is 1.93 bits per heavy atom. The first-order chi connectivity index (χ1) is 13.8. The molecule has 0 saturated carbocycles. The molecule has 0 atom stereocenters. The molecule has 2 aromatic carbocycles. The van der Waals surface area contributed by atoms with Crippen molar-refractivity contribution in [3.05, 3.63) is 70.2 Å².